The Morgan fingerprint density at radius 2 is 2.35 bits per heavy atom. The van der Waals surface area contributed by atoms with Crippen LogP contribution in [0.1, 0.15) is 37.0 Å². The quantitative estimate of drug-likeness (QED) is 0.625. The zero-order valence-corrected chi connectivity index (χ0v) is 12.9. The Hall–Kier alpha value is -1.03. The summed E-state index contributed by atoms with van der Waals surface area (Å²) in [7, 11) is 0. The highest BCUT2D eigenvalue weighted by Gasteiger charge is 2.38. The predicted molar refractivity (Wildman–Crippen MR) is 86.1 cm³/mol. The molecule has 3 nitrogen and oxygen atoms in total. The van der Waals surface area contributed by atoms with E-state index in [-0.39, 0.29) is 0 Å². The highest BCUT2D eigenvalue weighted by molar-refractivity contribution is 7.09. The van der Waals surface area contributed by atoms with Crippen molar-refractivity contribution in [2.24, 2.45) is 28.5 Å². The predicted octanol–water partition coefficient (Wildman–Crippen LogP) is 3.02. The Kier molecular flexibility index (Phi) is 4.61. The Bertz CT molecular complexity index is 441. The number of fused-ring (bicyclic) bond motifs is 2. The molecule has 2 fully saturated rings. The zero-order valence-electron chi connectivity index (χ0n) is 12.1. The first-order valence-corrected chi connectivity index (χ1v) is 8.75. The molecule has 0 aliphatic heterocycles. The van der Waals surface area contributed by atoms with Crippen molar-refractivity contribution < 1.29 is 0 Å². The summed E-state index contributed by atoms with van der Waals surface area (Å²) >= 11 is 1.80. The Labute approximate surface area is 125 Å². The van der Waals surface area contributed by atoms with Crippen molar-refractivity contribution in [3.05, 3.63) is 22.4 Å². The number of nitrogens with zero attached hydrogens (tertiary/aromatic N) is 1. The number of hydrogen-bond donors (Lipinski definition) is 2. The average molecular weight is 291 g/mol. The van der Waals surface area contributed by atoms with Gasteiger partial charge in [-0.05, 0) is 61.3 Å². The van der Waals surface area contributed by atoms with Gasteiger partial charge in [0, 0.05) is 18.0 Å². The molecule has 20 heavy (non-hydrogen) atoms. The van der Waals surface area contributed by atoms with Crippen LogP contribution in [-0.2, 0) is 6.42 Å². The van der Waals surface area contributed by atoms with Crippen LogP contribution in [0, 0.1) is 17.8 Å². The Balaban J connectivity index is 1.32. The summed E-state index contributed by atoms with van der Waals surface area (Å²) in [6.45, 7) is 1.77. The minimum absolute atomic E-state index is 0.615. The maximum Gasteiger partial charge on any atom is 0.188 e. The minimum Gasteiger partial charge on any atom is -0.370 e. The molecule has 0 radical (unpaired) electrons. The van der Waals surface area contributed by atoms with E-state index >= 15 is 0 Å². The summed E-state index contributed by atoms with van der Waals surface area (Å²) < 4.78 is 0. The Morgan fingerprint density at radius 3 is 3.05 bits per heavy atom. The van der Waals surface area contributed by atoms with Gasteiger partial charge >= 0.3 is 0 Å². The van der Waals surface area contributed by atoms with Gasteiger partial charge < -0.3 is 11.1 Å². The first-order valence-electron chi connectivity index (χ1n) is 7.87. The molecule has 3 atom stereocenters. The van der Waals surface area contributed by atoms with Crippen molar-refractivity contribution in [2.75, 3.05) is 13.1 Å². The van der Waals surface area contributed by atoms with Gasteiger partial charge in [0.2, 0.25) is 0 Å². The van der Waals surface area contributed by atoms with Crippen LogP contribution < -0.4 is 11.1 Å². The van der Waals surface area contributed by atoms with Crippen LogP contribution in [0.4, 0.5) is 0 Å². The van der Waals surface area contributed by atoms with Gasteiger partial charge in [0.15, 0.2) is 5.96 Å². The minimum atomic E-state index is 0.615. The van der Waals surface area contributed by atoms with Gasteiger partial charge in [-0.1, -0.05) is 12.5 Å². The SMILES string of the molecule is NC(=NCCC1CC2CCC1C2)NCCc1cccs1. The first kappa shape index (κ1) is 13.9. The molecule has 1 aromatic rings. The second-order valence-corrected chi connectivity index (χ2v) is 7.28. The molecule has 1 heterocycles. The van der Waals surface area contributed by atoms with E-state index in [2.05, 4.69) is 27.8 Å². The lowest BCUT2D eigenvalue weighted by atomic mass is 9.86. The third kappa shape index (κ3) is 3.54. The van der Waals surface area contributed by atoms with Gasteiger partial charge in [-0.2, -0.15) is 0 Å². The zero-order chi connectivity index (χ0) is 13.8. The van der Waals surface area contributed by atoms with Crippen molar-refractivity contribution >= 4 is 17.3 Å². The van der Waals surface area contributed by atoms with Crippen LogP contribution in [-0.4, -0.2) is 19.0 Å². The van der Waals surface area contributed by atoms with E-state index in [1.165, 1.54) is 37.0 Å². The van der Waals surface area contributed by atoms with Crippen molar-refractivity contribution in [1.82, 2.24) is 5.32 Å². The normalized spacial score (nSPS) is 29.0. The van der Waals surface area contributed by atoms with Crippen LogP contribution in [0.25, 0.3) is 0 Å². The fourth-order valence-electron chi connectivity index (χ4n) is 3.91. The van der Waals surface area contributed by atoms with Gasteiger partial charge in [-0.3, -0.25) is 4.99 Å². The lowest BCUT2D eigenvalue weighted by Crippen LogP contribution is -2.33. The van der Waals surface area contributed by atoms with Crippen molar-refractivity contribution in [2.45, 2.75) is 38.5 Å². The number of thiophene rings is 1. The summed E-state index contributed by atoms with van der Waals surface area (Å²) in [6, 6.07) is 4.25. The number of rotatable bonds is 6. The molecule has 0 amide bonds. The van der Waals surface area contributed by atoms with Crippen LogP contribution in [0.15, 0.2) is 22.5 Å². The fourth-order valence-corrected chi connectivity index (χ4v) is 4.61. The summed E-state index contributed by atoms with van der Waals surface area (Å²) in [5.74, 6) is 3.58. The molecule has 2 saturated carbocycles. The van der Waals surface area contributed by atoms with Gasteiger partial charge in [0.1, 0.15) is 0 Å². The van der Waals surface area contributed by atoms with Gasteiger partial charge in [-0.15, -0.1) is 11.3 Å². The van der Waals surface area contributed by atoms with E-state index in [0.29, 0.717) is 5.96 Å². The van der Waals surface area contributed by atoms with Crippen LogP contribution in [0.2, 0.25) is 0 Å². The lowest BCUT2D eigenvalue weighted by molar-refractivity contribution is 0.318. The summed E-state index contributed by atoms with van der Waals surface area (Å²) in [5.41, 5.74) is 5.92. The van der Waals surface area contributed by atoms with Crippen molar-refractivity contribution in [1.29, 1.82) is 0 Å². The molecular weight excluding hydrogens is 266 g/mol. The Morgan fingerprint density at radius 1 is 1.40 bits per heavy atom. The van der Waals surface area contributed by atoms with E-state index in [1.807, 2.05) is 0 Å². The number of guanidine groups is 1. The standard InChI is InChI=1S/C16H25N3S/c17-16(19-8-6-15-2-1-9-20-15)18-7-5-14-11-12-3-4-13(14)10-12/h1-2,9,12-14H,3-8,10-11H2,(H3,17,18,19). The molecule has 2 aliphatic rings. The van der Waals surface area contributed by atoms with E-state index in [1.54, 1.807) is 11.3 Å². The van der Waals surface area contributed by atoms with Gasteiger partial charge in [-0.25, -0.2) is 0 Å². The van der Waals surface area contributed by atoms with Crippen LogP contribution in [0.5, 0.6) is 0 Å². The molecule has 0 saturated heterocycles. The second-order valence-electron chi connectivity index (χ2n) is 6.25. The first-order chi connectivity index (χ1) is 9.81. The highest BCUT2D eigenvalue weighted by atomic mass is 32.1. The average Bonchev–Trinajstić information content (AvgIpc) is 3.16. The lowest BCUT2D eigenvalue weighted by Gasteiger charge is -2.20. The largest absolute Gasteiger partial charge is 0.370 e. The molecular formula is C16H25N3S. The molecule has 0 spiro atoms. The van der Waals surface area contributed by atoms with Crippen molar-refractivity contribution in [3.63, 3.8) is 0 Å². The maximum atomic E-state index is 5.92. The van der Waals surface area contributed by atoms with Gasteiger partial charge in [0.25, 0.3) is 0 Å². The molecule has 4 heteroatoms. The van der Waals surface area contributed by atoms with Crippen molar-refractivity contribution in [3.8, 4) is 0 Å². The number of nitrogens with one attached hydrogen (secondary N) is 1. The molecule has 0 aromatic carbocycles. The molecule has 3 unspecified atom stereocenters. The molecule has 1 aromatic heterocycles. The topological polar surface area (TPSA) is 50.4 Å². The third-order valence-electron chi connectivity index (χ3n) is 4.92. The molecule has 2 aliphatic carbocycles. The van der Waals surface area contributed by atoms with E-state index in [0.717, 1.165) is 37.3 Å². The molecule has 3 rings (SSSR count). The highest BCUT2D eigenvalue weighted by Crippen LogP contribution is 2.49. The number of hydrogen-bond acceptors (Lipinski definition) is 2. The smallest absolute Gasteiger partial charge is 0.188 e. The fraction of sp³-hybridized carbons (Fsp3) is 0.688. The van der Waals surface area contributed by atoms with Gasteiger partial charge in [0.05, 0.1) is 0 Å². The summed E-state index contributed by atoms with van der Waals surface area (Å²) in [4.78, 5) is 5.87. The summed E-state index contributed by atoms with van der Waals surface area (Å²) in [5, 5.41) is 5.33. The van der Waals surface area contributed by atoms with E-state index < -0.39 is 0 Å². The molecule has 2 bridgehead atoms. The maximum absolute atomic E-state index is 5.92. The third-order valence-corrected chi connectivity index (χ3v) is 5.86. The van der Waals surface area contributed by atoms with Crippen LogP contribution >= 0.6 is 11.3 Å². The second kappa shape index (κ2) is 6.61. The van der Waals surface area contributed by atoms with E-state index in [9.17, 15) is 0 Å². The van der Waals surface area contributed by atoms with Crippen LogP contribution in [0.3, 0.4) is 0 Å². The van der Waals surface area contributed by atoms with E-state index in [4.69, 9.17) is 5.73 Å². The summed E-state index contributed by atoms with van der Waals surface area (Å²) in [6.07, 6.45) is 8.15. The molecule has 3 N–H and O–H groups in total. The number of nitrogens with two attached hydrogens (primary N) is 1. The molecule has 110 valence electrons. The monoisotopic (exact) mass is 291 g/mol. The number of aliphatic imine (C=N–C) groups is 1.